The highest BCUT2D eigenvalue weighted by Gasteiger charge is 2.47. The summed E-state index contributed by atoms with van der Waals surface area (Å²) < 4.78 is 42.7. The molecule has 0 spiro atoms. The van der Waals surface area contributed by atoms with E-state index in [1.54, 1.807) is 40.9 Å². The maximum Gasteiger partial charge on any atom is 0.410 e. The highest BCUT2D eigenvalue weighted by atomic mass is 32.2. The Kier molecular flexibility index (Phi) is 5.82. The first-order valence-corrected chi connectivity index (χ1v) is 11.9. The fraction of sp³-hybridized carbons (Fsp3) is 0.333. The fourth-order valence-corrected chi connectivity index (χ4v) is 5.74. The van der Waals surface area contributed by atoms with Crippen LogP contribution >= 0.6 is 11.8 Å². The van der Waals surface area contributed by atoms with Gasteiger partial charge in [0.25, 0.3) is 5.91 Å². The number of thioether (sulfide) groups is 1. The molecule has 1 fully saturated rings. The Hall–Kier alpha value is -2.94. The highest BCUT2D eigenvalue weighted by Crippen LogP contribution is 2.44. The van der Waals surface area contributed by atoms with Gasteiger partial charge in [0.1, 0.15) is 11.4 Å². The number of anilines is 1. The van der Waals surface area contributed by atoms with Crippen LogP contribution in [0.15, 0.2) is 66.9 Å². The number of benzene rings is 2. The van der Waals surface area contributed by atoms with E-state index in [0.29, 0.717) is 13.1 Å². The zero-order valence-electron chi connectivity index (χ0n) is 17.7. The number of aromatic nitrogens is 2. The number of fused-ring (bicyclic) bond motifs is 1. The van der Waals surface area contributed by atoms with Gasteiger partial charge in [-0.15, -0.1) is 0 Å². The van der Waals surface area contributed by atoms with Gasteiger partial charge in [-0.1, -0.05) is 60.7 Å². The number of hydrogen-bond donors (Lipinski definition) is 1. The minimum atomic E-state index is -4.48. The van der Waals surface area contributed by atoms with Gasteiger partial charge in [-0.05, 0) is 11.1 Å². The van der Waals surface area contributed by atoms with E-state index >= 15 is 0 Å². The van der Waals surface area contributed by atoms with Crippen molar-refractivity contribution in [2.24, 2.45) is 0 Å². The minimum Gasteiger partial charge on any atom is -0.363 e. The lowest BCUT2D eigenvalue weighted by Gasteiger charge is -2.35. The van der Waals surface area contributed by atoms with Gasteiger partial charge >= 0.3 is 6.18 Å². The monoisotopic (exact) mass is 472 g/mol. The third-order valence-electron chi connectivity index (χ3n) is 6.20. The molecule has 1 saturated heterocycles. The Morgan fingerprint density at radius 2 is 1.70 bits per heavy atom. The molecular weight excluding hydrogens is 449 g/mol. The van der Waals surface area contributed by atoms with Gasteiger partial charge in [0, 0.05) is 30.5 Å². The third kappa shape index (κ3) is 4.34. The molecule has 1 aromatic heterocycles. The van der Waals surface area contributed by atoms with Crippen LogP contribution in [0.4, 0.5) is 19.0 Å². The Morgan fingerprint density at radius 3 is 2.36 bits per heavy atom. The van der Waals surface area contributed by atoms with Crippen LogP contribution in [-0.4, -0.2) is 45.6 Å². The second-order valence-corrected chi connectivity index (χ2v) is 9.58. The van der Waals surface area contributed by atoms with Crippen LogP contribution in [-0.2, 0) is 0 Å². The number of carbonyl (C=O) groups is 1. The molecule has 1 unspecified atom stereocenters. The molecule has 172 valence electrons. The van der Waals surface area contributed by atoms with Crippen molar-refractivity contribution >= 4 is 23.5 Å². The number of halogens is 3. The third-order valence-corrected chi connectivity index (χ3v) is 7.44. The van der Waals surface area contributed by atoms with Crippen molar-refractivity contribution in [3.05, 3.63) is 83.6 Å². The first kappa shape index (κ1) is 21.9. The topological polar surface area (TPSA) is 50.2 Å². The SMILES string of the molecule is O=C(c1cnn2c1N[C@@H](c1ccccc1)C[C@H]2C(F)(F)F)N1CCSC(c2ccccc2)C1. The number of amides is 1. The van der Waals surface area contributed by atoms with Crippen LogP contribution in [0.25, 0.3) is 0 Å². The standard InChI is InChI=1S/C24H23F3N4OS/c25-24(26,27)21-13-19(16-7-3-1-4-8-16)29-22-18(14-28-31(21)22)23(32)30-11-12-33-20(15-30)17-9-5-2-6-10-17/h1-10,14,19-21,29H,11-13,15H2/t19-,20?,21+/m1/s1. The number of rotatable bonds is 3. The van der Waals surface area contributed by atoms with Crippen LogP contribution in [0.2, 0.25) is 0 Å². The lowest BCUT2D eigenvalue weighted by Crippen LogP contribution is -2.40. The molecule has 2 aromatic carbocycles. The van der Waals surface area contributed by atoms with Gasteiger partial charge in [-0.3, -0.25) is 4.79 Å². The molecule has 3 heterocycles. The van der Waals surface area contributed by atoms with E-state index in [4.69, 9.17) is 0 Å². The van der Waals surface area contributed by atoms with Crippen LogP contribution in [0, 0.1) is 0 Å². The smallest absolute Gasteiger partial charge is 0.363 e. The van der Waals surface area contributed by atoms with Gasteiger partial charge in [0.15, 0.2) is 6.04 Å². The van der Waals surface area contributed by atoms with Crippen molar-refractivity contribution in [1.29, 1.82) is 0 Å². The molecule has 2 aliphatic heterocycles. The quantitative estimate of drug-likeness (QED) is 0.549. The number of hydrogen-bond acceptors (Lipinski definition) is 4. The summed E-state index contributed by atoms with van der Waals surface area (Å²) in [7, 11) is 0. The second kappa shape index (κ2) is 8.78. The Labute approximate surface area is 194 Å². The van der Waals surface area contributed by atoms with E-state index in [9.17, 15) is 18.0 Å². The molecule has 33 heavy (non-hydrogen) atoms. The van der Waals surface area contributed by atoms with Gasteiger partial charge in [-0.25, -0.2) is 4.68 Å². The number of nitrogens with zero attached hydrogens (tertiary/aromatic N) is 3. The molecule has 1 N–H and O–H groups in total. The molecule has 0 bridgehead atoms. The number of carbonyl (C=O) groups excluding carboxylic acids is 1. The maximum atomic E-state index is 13.9. The molecule has 1 amide bonds. The van der Waals surface area contributed by atoms with Crippen molar-refractivity contribution in [3.63, 3.8) is 0 Å². The van der Waals surface area contributed by atoms with E-state index in [2.05, 4.69) is 10.4 Å². The molecule has 0 saturated carbocycles. The summed E-state index contributed by atoms with van der Waals surface area (Å²) in [6.07, 6.45) is -3.39. The van der Waals surface area contributed by atoms with E-state index in [1.807, 2.05) is 36.4 Å². The summed E-state index contributed by atoms with van der Waals surface area (Å²) in [4.78, 5) is 15.2. The van der Waals surface area contributed by atoms with Crippen LogP contribution < -0.4 is 5.32 Å². The van der Waals surface area contributed by atoms with Gasteiger partial charge < -0.3 is 10.2 Å². The van der Waals surface area contributed by atoms with Gasteiger partial charge in [0.05, 0.1) is 12.2 Å². The van der Waals surface area contributed by atoms with Gasteiger partial charge in [0.2, 0.25) is 0 Å². The predicted molar refractivity (Wildman–Crippen MR) is 122 cm³/mol. The summed E-state index contributed by atoms with van der Waals surface area (Å²) >= 11 is 1.79. The summed E-state index contributed by atoms with van der Waals surface area (Å²) in [6.45, 7) is 1.05. The van der Waals surface area contributed by atoms with Crippen molar-refractivity contribution in [2.75, 3.05) is 24.2 Å². The summed E-state index contributed by atoms with van der Waals surface area (Å²) in [5, 5.41) is 7.31. The minimum absolute atomic E-state index is 0.128. The van der Waals surface area contributed by atoms with E-state index in [1.165, 1.54) is 6.20 Å². The van der Waals surface area contributed by atoms with E-state index < -0.39 is 18.3 Å². The van der Waals surface area contributed by atoms with Crippen molar-refractivity contribution in [1.82, 2.24) is 14.7 Å². The second-order valence-electron chi connectivity index (χ2n) is 8.27. The lowest BCUT2D eigenvalue weighted by atomic mass is 9.96. The fourth-order valence-electron chi connectivity index (χ4n) is 4.50. The number of alkyl halides is 3. The van der Waals surface area contributed by atoms with E-state index in [-0.39, 0.29) is 29.0 Å². The Balaban J connectivity index is 1.44. The molecular formula is C24H23F3N4OS. The average molecular weight is 473 g/mol. The van der Waals surface area contributed by atoms with E-state index in [0.717, 1.165) is 21.6 Å². The zero-order chi connectivity index (χ0) is 23.0. The van der Waals surface area contributed by atoms with Crippen molar-refractivity contribution in [2.45, 2.75) is 29.9 Å². The van der Waals surface area contributed by atoms with Crippen LogP contribution in [0.1, 0.15) is 45.2 Å². The molecule has 0 radical (unpaired) electrons. The van der Waals surface area contributed by atoms with Crippen molar-refractivity contribution in [3.8, 4) is 0 Å². The average Bonchev–Trinajstić information content (AvgIpc) is 3.27. The van der Waals surface area contributed by atoms with Crippen LogP contribution in [0.3, 0.4) is 0 Å². The Morgan fingerprint density at radius 1 is 1.03 bits per heavy atom. The molecule has 9 heteroatoms. The first-order valence-electron chi connectivity index (χ1n) is 10.8. The number of nitrogens with one attached hydrogen (secondary N) is 1. The summed E-state index contributed by atoms with van der Waals surface area (Å²) in [5.74, 6) is 0.608. The lowest BCUT2D eigenvalue weighted by molar-refractivity contribution is -0.173. The summed E-state index contributed by atoms with van der Waals surface area (Å²) in [5.41, 5.74) is 2.07. The Bertz CT molecular complexity index is 1120. The maximum absolute atomic E-state index is 13.9. The van der Waals surface area contributed by atoms with Gasteiger partial charge in [-0.2, -0.15) is 30.0 Å². The highest BCUT2D eigenvalue weighted by molar-refractivity contribution is 7.99. The zero-order valence-corrected chi connectivity index (χ0v) is 18.5. The molecule has 3 aromatic rings. The molecule has 2 aliphatic rings. The predicted octanol–water partition coefficient (Wildman–Crippen LogP) is 5.47. The van der Waals surface area contributed by atoms with Crippen LogP contribution in [0.5, 0.6) is 0 Å². The molecule has 0 aliphatic carbocycles. The molecule has 3 atom stereocenters. The van der Waals surface area contributed by atoms with Crippen molar-refractivity contribution < 1.29 is 18.0 Å². The molecule has 5 rings (SSSR count). The first-order chi connectivity index (χ1) is 15.9. The molecule has 5 nitrogen and oxygen atoms in total. The largest absolute Gasteiger partial charge is 0.410 e. The summed E-state index contributed by atoms with van der Waals surface area (Å²) in [6, 6.07) is 16.6. The normalized spacial score (nSPS) is 23.0.